The predicted molar refractivity (Wildman–Crippen MR) is 401 cm³/mol. The highest BCUT2D eigenvalue weighted by atomic mass is 16.8. The van der Waals surface area contributed by atoms with Crippen molar-refractivity contribution < 1.29 is 89.4 Å². The molecule has 3 fully saturated rings. The Morgan fingerprint density at radius 2 is 0.683 bits per heavy atom. The van der Waals surface area contributed by atoms with Crippen LogP contribution in [0.4, 0.5) is 0 Å². The van der Waals surface area contributed by atoms with Crippen molar-refractivity contribution in [2.24, 2.45) is 0 Å². The van der Waals surface area contributed by atoms with Crippen molar-refractivity contribution in [1.82, 2.24) is 5.32 Å². The van der Waals surface area contributed by atoms with Crippen LogP contribution in [0.2, 0.25) is 0 Å². The Kier molecular flexibility index (Phi) is 55.5. The van der Waals surface area contributed by atoms with Crippen LogP contribution in [0.15, 0.2) is 122 Å². The molecule has 3 aliphatic heterocycles. The van der Waals surface area contributed by atoms with E-state index in [-0.39, 0.29) is 18.9 Å². The smallest absolute Gasteiger partial charge is 0.220 e. The lowest BCUT2D eigenvalue weighted by Crippen LogP contribution is -2.66. The summed E-state index contributed by atoms with van der Waals surface area (Å²) >= 11 is 0. The topological polar surface area (TPSA) is 307 Å². The largest absolute Gasteiger partial charge is 0.394 e. The van der Waals surface area contributed by atoms with Crippen molar-refractivity contribution in [3.63, 3.8) is 0 Å². The van der Waals surface area contributed by atoms with Crippen LogP contribution >= 0.6 is 0 Å². The molecule has 0 bridgehead atoms. The summed E-state index contributed by atoms with van der Waals surface area (Å²) in [5, 5.41) is 121. The fourth-order valence-corrected chi connectivity index (χ4v) is 12.5. The molecule has 17 atom stereocenters. The van der Waals surface area contributed by atoms with Gasteiger partial charge in [-0.3, -0.25) is 4.79 Å². The molecule has 12 N–H and O–H groups in total. The van der Waals surface area contributed by atoms with Gasteiger partial charge >= 0.3 is 0 Å². The molecule has 0 aromatic rings. The monoisotopic (exact) mass is 1430 g/mol. The summed E-state index contributed by atoms with van der Waals surface area (Å²) in [6, 6.07) is -0.980. The highest BCUT2D eigenvalue weighted by Gasteiger charge is 2.53. The molecule has 0 aromatic heterocycles. The number of amides is 1. The molecule has 580 valence electrons. The zero-order chi connectivity index (χ0) is 73.2. The lowest BCUT2D eigenvalue weighted by molar-refractivity contribution is -0.379. The molecule has 17 unspecified atom stereocenters. The van der Waals surface area contributed by atoms with Gasteiger partial charge in [0, 0.05) is 6.42 Å². The Bertz CT molecular complexity index is 2300. The fourth-order valence-electron chi connectivity index (χ4n) is 12.5. The van der Waals surface area contributed by atoms with Crippen LogP contribution in [-0.4, -0.2) is 193 Å². The number of aliphatic hydroxyl groups is 11. The summed E-state index contributed by atoms with van der Waals surface area (Å²) in [5.41, 5.74) is 0. The number of allylic oxidation sites excluding steroid dienone is 19. The van der Waals surface area contributed by atoms with Gasteiger partial charge in [-0.2, -0.15) is 0 Å². The van der Waals surface area contributed by atoms with Gasteiger partial charge in [0.1, 0.15) is 73.2 Å². The van der Waals surface area contributed by atoms with Gasteiger partial charge in [0.25, 0.3) is 0 Å². The van der Waals surface area contributed by atoms with Gasteiger partial charge in [-0.1, -0.05) is 283 Å². The number of aliphatic hydroxyl groups excluding tert-OH is 11. The first kappa shape index (κ1) is 91.4. The van der Waals surface area contributed by atoms with Crippen molar-refractivity contribution in [3.8, 4) is 0 Å². The molecule has 0 aromatic carbocycles. The average Bonchev–Trinajstić information content (AvgIpc) is 0.782. The van der Waals surface area contributed by atoms with E-state index in [1.165, 1.54) is 116 Å². The summed E-state index contributed by atoms with van der Waals surface area (Å²) < 4.78 is 34.4. The third kappa shape index (κ3) is 41.6. The molecule has 1 amide bonds. The second-order valence-corrected chi connectivity index (χ2v) is 27.4. The van der Waals surface area contributed by atoms with Gasteiger partial charge in [0.2, 0.25) is 5.91 Å². The number of unbranched alkanes of at least 4 members (excludes halogenated alkanes) is 26. The van der Waals surface area contributed by atoms with Crippen LogP contribution < -0.4 is 5.32 Å². The number of nitrogens with one attached hydrogen (secondary N) is 1. The molecule has 19 nitrogen and oxygen atoms in total. The summed E-state index contributed by atoms with van der Waals surface area (Å²) in [6.07, 6.45) is 59.0. The molecule has 3 heterocycles. The highest BCUT2D eigenvalue weighted by Crippen LogP contribution is 2.33. The van der Waals surface area contributed by atoms with Crippen LogP contribution in [0.1, 0.15) is 258 Å². The Labute approximate surface area is 608 Å². The molecule has 3 aliphatic rings. The lowest BCUT2D eigenvalue weighted by atomic mass is 9.96. The molecule has 3 rings (SSSR count). The van der Waals surface area contributed by atoms with Crippen LogP contribution in [0, 0.1) is 0 Å². The zero-order valence-corrected chi connectivity index (χ0v) is 61.8. The average molecular weight is 1430 g/mol. The highest BCUT2D eigenvalue weighted by molar-refractivity contribution is 5.76. The van der Waals surface area contributed by atoms with E-state index in [2.05, 4.69) is 129 Å². The Hall–Kier alpha value is -3.81. The molecule has 0 aliphatic carbocycles. The molecular weight excluding hydrogens is 1290 g/mol. The second kappa shape index (κ2) is 61.4. The number of carbonyl (C=O) groups is 1. The maximum Gasteiger partial charge on any atom is 0.220 e. The van der Waals surface area contributed by atoms with E-state index < -0.39 is 124 Å². The summed E-state index contributed by atoms with van der Waals surface area (Å²) in [7, 11) is 0. The Balaban J connectivity index is 1.32. The van der Waals surface area contributed by atoms with E-state index in [0.29, 0.717) is 6.42 Å². The Morgan fingerprint density at radius 3 is 1.07 bits per heavy atom. The molecule has 0 saturated carbocycles. The zero-order valence-electron chi connectivity index (χ0n) is 61.8. The van der Waals surface area contributed by atoms with E-state index in [1.54, 1.807) is 6.08 Å². The first-order valence-corrected chi connectivity index (χ1v) is 39.3. The molecule has 0 radical (unpaired) electrons. The minimum Gasteiger partial charge on any atom is -0.394 e. The molecule has 3 saturated heterocycles. The Morgan fingerprint density at radius 1 is 0.366 bits per heavy atom. The van der Waals surface area contributed by atoms with Crippen molar-refractivity contribution in [3.05, 3.63) is 122 Å². The van der Waals surface area contributed by atoms with E-state index >= 15 is 0 Å². The molecular formula is C82H139NO18. The predicted octanol–water partition coefficient (Wildman–Crippen LogP) is 12.7. The van der Waals surface area contributed by atoms with Gasteiger partial charge in [-0.05, 0) is 89.9 Å². The minimum absolute atomic E-state index is 0.236. The van der Waals surface area contributed by atoms with Crippen molar-refractivity contribution in [2.75, 3.05) is 26.4 Å². The van der Waals surface area contributed by atoms with E-state index in [0.717, 1.165) is 116 Å². The van der Waals surface area contributed by atoms with Gasteiger partial charge in [-0.25, -0.2) is 0 Å². The third-order valence-corrected chi connectivity index (χ3v) is 18.8. The van der Waals surface area contributed by atoms with Crippen LogP contribution in [0.3, 0.4) is 0 Å². The number of hydrogen-bond acceptors (Lipinski definition) is 18. The summed E-state index contributed by atoms with van der Waals surface area (Å²) in [6.45, 7) is 1.61. The summed E-state index contributed by atoms with van der Waals surface area (Å²) in [4.78, 5) is 13.4. The third-order valence-electron chi connectivity index (χ3n) is 18.8. The van der Waals surface area contributed by atoms with Gasteiger partial charge < -0.3 is 89.9 Å². The molecule has 0 spiro atoms. The maximum absolute atomic E-state index is 13.4. The lowest BCUT2D eigenvalue weighted by Gasteiger charge is -2.48. The van der Waals surface area contributed by atoms with Crippen LogP contribution in [0.5, 0.6) is 0 Å². The van der Waals surface area contributed by atoms with Crippen molar-refractivity contribution in [1.29, 1.82) is 0 Å². The fraction of sp³-hybridized carbons (Fsp3) is 0.744. The molecule has 101 heavy (non-hydrogen) atoms. The molecule has 19 heteroatoms. The SMILES string of the molecule is CC/C=C\C/C=C\C/C=C\C/C=C\C/C=C\C/C=C\C/C=C\C/C=C\C/C=C\CCCCCCCCCCCCCCCC(=O)NC(COC1OC(CO)C(OC2OC(CO)C(OC3OC(CO)C(O)C(O)C3O)C(O)C2O)C(O)C1O)C(O)/C=C/CCCCCCCCCCCCCCC. The van der Waals surface area contributed by atoms with Crippen molar-refractivity contribution >= 4 is 5.91 Å². The summed E-state index contributed by atoms with van der Waals surface area (Å²) in [5.74, 6) is -0.280. The standard InChI is InChI=1S/C82H139NO18/c1-3-5-7-9-11-13-15-17-19-20-21-22-23-24-25-26-27-28-29-30-31-32-33-34-35-36-37-38-39-40-41-42-43-44-46-48-50-52-54-56-58-60-70(88)83-65(66(87)59-57-55-53-51-49-47-45-18-16-14-12-10-8-6-4-2)64-96-80-76(94)73(91)78(68(62-85)98-80)101-82-77(95)74(92)79(69(63-86)99-82)100-81-75(93)72(90)71(89)67(61-84)97-81/h5,7,11,13,17,19,21-22,24-25,27-28,30-31,33-34,36-37,57,59,65-69,71-82,84-87,89-95H,3-4,6,8-10,12,14-16,18,20,23,26,29,32,35,38-56,58,60-64H2,1-2H3,(H,83,88)/b7-5-,13-11-,19-17-,22-21-,25-24-,28-27-,31-30-,34-33-,37-36-,59-57+. The van der Waals surface area contributed by atoms with Gasteiger partial charge in [-0.15, -0.1) is 0 Å². The number of carbonyl (C=O) groups excluding carboxylic acids is 1. The quantitative estimate of drug-likeness (QED) is 0.0199. The minimum atomic E-state index is -1.98. The van der Waals surface area contributed by atoms with E-state index in [1.807, 2.05) is 6.08 Å². The van der Waals surface area contributed by atoms with Crippen LogP contribution in [-0.2, 0) is 33.2 Å². The first-order valence-electron chi connectivity index (χ1n) is 39.3. The normalized spacial score (nSPS) is 27.0. The van der Waals surface area contributed by atoms with E-state index in [4.69, 9.17) is 28.4 Å². The van der Waals surface area contributed by atoms with Gasteiger partial charge in [0.15, 0.2) is 18.9 Å². The van der Waals surface area contributed by atoms with Gasteiger partial charge in [0.05, 0.1) is 38.6 Å². The number of hydrogen-bond donors (Lipinski definition) is 12. The van der Waals surface area contributed by atoms with Crippen molar-refractivity contribution in [2.45, 2.75) is 362 Å². The second-order valence-electron chi connectivity index (χ2n) is 27.4. The van der Waals surface area contributed by atoms with Crippen LogP contribution in [0.25, 0.3) is 0 Å². The maximum atomic E-state index is 13.4. The number of rotatable bonds is 60. The number of ether oxygens (including phenoxy) is 6. The van der Waals surface area contributed by atoms with E-state index in [9.17, 15) is 61.0 Å². The first-order chi connectivity index (χ1) is 49.3.